The van der Waals surface area contributed by atoms with Crippen molar-refractivity contribution in [3.8, 4) is 0 Å². The van der Waals surface area contributed by atoms with Crippen LogP contribution < -0.4 is 11.1 Å². The van der Waals surface area contributed by atoms with Crippen molar-refractivity contribution in [2.45, 2.75) is 6.42 Å². The van der Waals surface area contributed by atoms with Gasteiger partial charge >= 0.3 is 0 Å². The summed E-state index contributed by atoms with van der Waals surface area (Å²) in [6.07, 6.45) is 0.666. The molecule has 5 nitrogen and oxygen atoms in total. The smallest absolute Gasteiger partial charge is 0.237 e. The molecule has 0 fully saturated rings. The fourth-order valence-corrected chi connectivity index (χ4v) is 2.55. The third kappa shape index (κ3) is 6.04. The van der Waals surface area contributed by atoms with E-state index in [-0.39, 0.29) is 11.7 Å². The molecule has 1 amide bonds. The normalized spacial score (nSPS) is 12.1. The Hall–Kier alpha value is -1.11. The van der Waals surface area contributed by atoms with E-state index in [2.05, 4.69) is 5.32 Å². The van der Waals surface area contributed by atoms with Crippen LogP contribution in [0.15, 0.2) is 18.2 Å². The van der Waals surface area contributed by atoms with E-state index >= 15 is 0 Å². The number of hydrogen-bond donors (Lipinski definition) is 2. The van der Waals surface area contributed by atoms with E-state index in [1.165, 1.54) is 0 Å². The molecule has 1 aromatic rings. The molecule has 0 heterocycles. The van der Waals surface area contributed by atoms with Crippen LogP contribution in [0.25, 0.3) is 0 Å². The number of nitrogens with two attached hydrogens (primary N) is 1. The van der Waals surface area contributed by atoms with Crippen molar-refractivity contribution in [3.63, 3.8) is 0 Å². The number of benzene rings is 1. The van der Waals surface area contributed by atoms with E-state index in [0.717, 1.165) is 0 Å². The topological polar surface area (TPSA) is 81.4 Å². The molecule has 0 aliphatic rings. The molecule has 19 heavy (non-hydrogen) atoms. The van der Waals surface area contributed by atoms with Crippen LogP contribution in [0.3, 0.4) is 0 Å². The van der Waals surface area contributed by atoms with E-state index in [4.69, 9.17) is 22.1 Å². The standard InChI is InChI=1S/C12H17ClN2O3S/c1-18-5-2-6-19(17)8-12(16)15-11-4-3-9(13)7-10(11)14/h3-4,7H,2,5-6,8,14H2,1H3,(H,15,16). The number of methoxy groups -OCH3 is 1. The van der Waals surface area contributed by atoms with Crippen LogP contribution in [0.4, 0.5) is 11.4 Å². The average molecular weight is 305 g/mol. The largest absolute Gasteiger partial charge is 0.397 e. The zero-order valence-corrected chi connectivity index (χ0v) is 12.2. The Morgan fingerprint density at radius 2 is 2.26 bits per heavy atom. The summed E-state index contributed by atoms with van der Waals surface area (Å²) in [5.74, 6) is 0.0631. The number of carbonyl (C=O) groups excluding carboxylic acids is 1. The molecule has 0 aliphatic heterocycles. The number of hydrogen-bond acceptors (Lipinski definition) is 4. The molecule has 1 rings (SSSR count). The van der Waals surface area contributed by atoms with Gasteiger partial charge < -0.3 is 15.8 Å². The second kappa shape index (κ2) is 8.14. The zero-order chi connectivity index (χ0) is 14.3. The Morgan fingerprint density at radius 3 is 2.89 bits per heavy atom. The van der Waals surface area contributed by atoms with E-state index in [9.17, 15) is 9.00 Å². The number of halogens is 1. The molecule has 0 saturated heterocycles. The van der Waals surface area contributed by atoms with Crippen LogP contribution in [0, 0.1) is 0 Å². The molecule has 0 aromatic heterocycles. The molecule has 0 radical (unpaired) electrons. The summed E-state index contributed by atoms with van der Waals surface area (Å²) in [5.41, 5.74) is 6.56. The maximum absolute atomic E-state index is 11.7. The number of nitrogen functional groups attached to an aromatic ring is 1. The lowest BCUT2D eigenvalue weighted by Gasteiger charge is -2.08. The van der Waals surface area contributed by atoms with Crippen molar-refractivity contribution in [2.75, 3.05) is 36.3 Å². The molecule has 1 unspecified atom stereocenters. The van der Waals surface area contributed by atoms with Crippen molar-refractivity contribution < 1.29 is 13.7 Å². The number of anilines is 2. The lowest BCUT2D eigenvalue weighted by atomic mass is 10.2. The predicted molar refractivity (Wildman–Crippen MR) is 78.9 cm³/mol. The van der Waals surface area contributed by atoms with Crippen molar-refractivity contribution >= 4 is 39.7 Å². The van der Waals surface area contributed by atoms with Crippen molar-refractivity contribution in [3.05, 3.63) is 23.2 Å². The molecular weight excluding hydrogens is 288 g/mol. The average Bonchev–Trinajstić information content (AvgIpc) is 2.33. The number of carbonyl (C=O) groups is 1. The van der Waals surface area contributed by atoms with E-state index in [1.807, 2.05) is 0 Å². The van der Waals surface area contributed by atoms with Gasteiger partial charge in [0.05, 0.1) is 11.4 Å². The highest BCUT2D eigenvalue weighted by molar-refractivity contribution is 7.85. The zero-order valence-electron chi connectivity index (χ0n) is 10.6. The highest BCUT2D eigenvalue weighted by atomic mass is 35.5. The lowest BCUT2D eigenvalue weighted by molar-refractivity contribution is -0.113. The fraction of sp³-hybridized carbons (Fsp3) is 0.417. The summed E-state index contributed by atoms with van der Waals surface area (Å²) >= 11 is 5.76. The highest BCUT2D eigenvalue weighted by Crippen LogP contribution is 2.22. The first-order valence-corrected chi connectivity index (χ1v) is 7.58. The Bertz CT molecular complexity index is 468. The fourth-order valence-electron chi connectivity index (χ4n) is 1.42. The van der Waals surface area contributed by atoms with Gasteiger partial charge in [0.2, 0.25) is 5.91 Å². The van der Waals surface area contributed by atoms with Crippen LogP contribution in [0.1, 0.15) is 6.42 Å². The van der Waals surface area contributed by atoms with Gasteiger partial charge in [0, 0.05) is 35.3 Å². The lowest BCUT2D eigenvalue weighted by Crippen LogP contribution is -2.21. The van der Waals surface area contributed by atoms with Crippen LogP contribution in [-0.4, -0.2) is 35.3 Å². The summed E-state index contributed by atoms with van der Waals surface area (Å²) in [7, 11) is 0.387. The monoisotopic (exact) mass is 304 g/mol. The molecule has 0 spiro atoms. The third-order valence-corrected chi connectivity index (χ3v) is 3.86. The van der Waals surface area contributed by atoms with Crippen molar-refractivity contribution in [1.29, 1.82) is 0 Å². The van der Waals surface area contributed by atoms with Gasteiger partial charge in [0.15, 0.2) is 0 Å². The molecule has 1 atom stereocenters. The second-order valence-corrected chi connectivity index (χ2v) is 5.93. The van der Waals surface area contributed by atoms with Gasteiger partial charge in [-0.2, -0.15) is 0 Å². The van der Waals surface area contributed by atoms with E-state index in [0.29, 0.717) is 35.2 Å². The molecule has 3 N–H and O–H groups in total. The Labute approximate surface area is 119 Å². The van der Waals surface area contributed by atoms with Crippen molar-refractivity contribution in [2.24, 2.45) is 0 Å². The maximum Gasteiger partial charge on any atom is 0.237 e. The summed E-state index contributed by atoms with van der Waals surface area (Å²) in [4.78, 5) is 11.7. The summed E-state index contributed by atoms with van der Waals surface area (Å²) < 4.78 is 16.5. The number of ether oxygens (including phenoxy) is 1. The summed E-state index contributed by atoms with van der Waals surface area (Å²) in [6, 6.07) is 4.79. The minimum Gasteiger partial charge on any atom is -0.397 e. The minimum absolute atomic E-state index is 0.0498. The summed E-state index contributed by atoms with van der Waals surface area (Å²) in [5, 5.41) is 3.11. The maximum atomic E-state index is 11.7. The van der Waals surface area contributed by atoms with E-state index < -0.39 is 10.8 Å². The van der Waals surface area contributed by atoms with E-state index in [1.54, 1.807) is 25.3 Å². The number of nitrogens with one attached hydrogen (secondary N) is 1. The van der Waals surface area contributed by atoms with Gasteiger partial charge in [0.25, 0.3) is 0 Å². The summed E-state index contributed by atoms with van der Waals surface area (Å²) in [6.45, 7) is 0.539. The number of rotatable bonds is 7. The van der Waals surface area contributed by atoms with Gasteiger partial charge in [-0.1, -0.05) is 11.6 Å². The Balaban J connectivity index is 2.44. The van der Waals surface area contributed by atoms with Crippen molar-refractivity contribution in [1.82, 2.24) is 0 Å². The first-order chi connectivity index (χ1) is 9.02. The van der Waals surface area contributed by atoms with Crippen LogP contribution >= 0.6 is 11.6 Å². The SMILES string of the molecule is COCCCS(=O)CC(=O)Nc1ccc(Cl)cc1N. The first kappa shape index (κ1) is 15.9. The molecule has 0 bridgehead atoms. The highest BCUT2D eigenvalue weighted by Gasteiger charge is 2.10. The first-order valence-electron chi connectivity index (χ1n) is 5.71. The molecule has 0 aliphatic carbocycles. The van der Waals surface area contributed by atoms with Gasteiger partial charge in [-0.3, -0.25) is 9.00 Å². The van der Waals surface area contributed by atoms with Crippen LogP contribution in [0.5, 0.6) is 0 Å². The Morgan fingerprint density at radius 1 is 1.53 bits per heavy atom. The number of amides is 1. The van der Waals surface area contributed by atoms with Gasteiger partial charge in [-0.05, 0) is 24.6 Å². The Kier molecular flexibility index (Phi) is 6.83. The molecular formula is C12H17ClN2O3S. The third-order valence-electron chi connectivity index (χ3n) is 2.30. The molecule has 106 valence electrons. The van der Waals surface area contributed by atoms with Gasteiger partial charge in [-0.25, -0.2) is 0 Å². The van der Waals surface area contributed by atoms with Gasteiger partial charge in [0.1, 0.15) is 5.75 Å². The molecule has 0 saturated carbocycles. The predicted octanol–water partition coefficient (Wildman–Crippen LogP) is 1.65. The quantitative estimate of drug-likeness (QED) is 0.593. The minimum atomic E-state index is -1.20. The van der Waals surface area contributed by atoms with Crippen LogP contribution in [-0.2, 0) is 20.3 Å². The second-order valence-electron chi connectivity index (χ2n) is 3.91. The van der Waals surface area contributed by atoms with Crippen LogP contribution in [0.2, 0.25) is 5.02 Å². The molecule has 1 aromatic carbocycles. The molecule has 7 heteroatoms. The van der Waals surface area contributed by atoms with Gasteiger partial charge in [-0.15, -0.1) is 0 Å².